The van der Waals surface area contributed by atoms with Crippen molar-refractivity contribution >= 4 is 28.2 Å². The molecular weight excluding hydrogens is 479 g/mol. The van der Waals surface area contributed by atoms with Crippen molar-refractivity contribution in [2.75, 3.05) is 6.54 Å². The predicted octanol–water partition coefficient (Wildman–Crippen LogP) is 6.29. The molecule has 7 nitrogen and oxygen atoms in total. The molecule has 0 radical (unpaired) electrons. The highest BCUT2D eigenvalue weighted by molar-refractivity contribution is 7.15. The van der Waals surface area contributed by atoms with Crippen LogP contribution in [0.15, 0.2) is 63.4 Å². The van der Waals surface area contributed by atoms with Crippen molar-refractivity contribution < 1.29 is 18.0 Å². The van der Waals surface area contributed by atoms with E-state index >= 15 is 0 Å². The molecule has 1 saturated heterocycles. The van der Waals surface area contributed by atoms with Crippen molar-refractivity contribution in [2.45, 2.75) is 38.6 Å². The first-order chi connectivity index (χ1) is 17.5. The third-order valence-corrected chi connectivity index (χ3v) is 7.44. The van der Waals surface area contributed by atoms with Gasteiger partial charge in [0.05, 0.1) is 9.88 Å². The van der Waals surface area contributed by atoms with Crippen LogP contribution in [0.2, 0.25) is 0 Å². The Morgan fingerprint density at radius 1 is 1.11 bits per heavy atom. The number of furan rings is 1. The standard InChI is InChI=1S/C27H23FN4O3S/c1-16-29-24(25(36-16)18-8-6-9-19(28)13-18)27(33)32-12-5-4-10-20(32)15-23-30-31-26(35-23)22-14-17-7-2-3-11-21(17)34-22/h2-3,6-9,11,13-14,20H,4-5,10,12,15H2,1H3. The van der Waals surface area contributed by atoms with Crippen molar-refractivity contribution in [2.24, 2.45) is 0 Å². The average molecular weight is 503 g/mol. The number of aromatic nitrogens is 3. The summed E-state index contributed by atoms with van der Waals surface area (Å²) in [6, 6.07) is 15.8. The summed E-state index contributed by atoms with van der Waals surface area (Å²) in [4.78, 5) is 20.8. The molecule has 0 saturated carbocycles. The highest BCUT2D eigenvalue weighted by atomic mass is 32.1. The van der Waals surface area contributed by atoms with Gasteiger partial charge in [0, 0.05) is 24.4 Å². The van der Waals surface area contributed by atoms with Crippen LogP contribution >= 0.6 is 11.3 Å². The summed E-state index contributed by atoms with van der Waals surface area (Å²) in [5.74, 6) is 0.794. The molecule has 6 rings (SSSR count). The number of amides is 1. The van der Waals surface area contributed by atoms with E-state index in [0.717, 1.165) is 35.2 Å². The van der Waals surface area contributed by atoms with Gasteiger partial charge in [-0.3, -0.25) is 4.79 Å². The number of halogens is 1. The Labute approximate surface area is 210 Å². The van der Waals surface area contributed by atoms with Crippen molar-refractivity contribution in [3.8, 4) is 22.1 Å². The van der Waals surface area contributed by atoms with E-state index < -0.39 is 0 Å². The molecule has 0 aliphatic carbocycles. The van der Waals surface area contributed by atoms with E-state index in [4.69, 9.17) is 8.83 Å². The molecule has 5 aromatic rings. The Hall–Kier alpha value is -3.85. The van der Waals surface area contributed by atoms with Gasteiger partial charge in [-0.25, -0.2) is 9.37 Å². The van der Waals surface area contributed by atoms with Crippen LogP contribution < -0.4 is 0 Å². The quantitative estimate of drug-likeness (QED) is 0.281. The van der Waals surface area contributed by atoms with Gasteiger partial charge in [0.1, 0.15) is 17.1 Å². The van der Waals surface area contributed by atoms with Crippen LogP contribution in [0, 0.1) is 12.7 Å². The number of benzene rings is 2. The molecule has 0 N–H and O–H groups in total. The fourth-order valence-corrected chi connectivity index (χ4v) is 5.64. The molecule has 1 amide bonds. The number of thiazole rings is 1. The Balaban J connectivity index is 1.25. The molecule has 36 heavy (non-hydrogen) atoms. The zero-order valence-electron chi connectivity index (χ0n) is 19.6. The van der Waals surface area contributed by atoms with Gasteiger partial charge < -0.3 is 13.7 Å². The normalized spacial score (nSPS) is 16.1. The largest absolute Gasteiger partial charge is 0.451 e. The molecule has 0 spiro atoms. The minimum Gasteiger partial charge on any atom is -0.451 e. The number of rotatable bonds is 5. The summed E-state index contributed by atoms with van der Waals surface area (Å²) in [6.07, 6.45) is 3.19. The van der Waals surface area contributed by atoms with Crippen molar-refractivity contribution in [3.05, 3.63) is 77.0 Å². The number of likely N-dealkylation sites (tertiary alicyclic amines) is 1. The third kappa shape index (κ3) is 4.30. The maximum atomic E-state index is 13.9. The number of carbonyl (C=O) groups is 1. The zero-order valence-corrected chi connectivity index (χ0v) is 20.4. The summed E-state index contributed by atoms with van der Waals surface area (Å²) in [5.41, 5.74) is 1.78. The lowest BCUT2D eigenvalue weighted by Crippen LogP contribution is -2.45. The second kappa shape index (κ2) is 9.31. The lowest BCUT2D eigenvalue weighted by molar-refractivity contribution is 0.0601. The molecule has 3 aromatic heterocycles. The van der Waals surface area contributed by atoms with Gasteiger partial charge in [0.25, 0.3) is 11.8 Å². The summed E-state index contributed by atoms with van der Waals surface area (Å²) in [7, 11) is 0. The van der Waals surface area contributed by atoms with E-state index in [2.05, 4.69) is 15.2 Å². The molecule has 1 fully saturated rings. The van der Waals surface area contributed by atoms with Crippen LogP contribution in [0.5, 0.6) is 0 Å². The van der Waals surface area contributed by atoms with Gasteiger partial charge in [-0.1, -0.05) is 30.3 Å². The van der Waals surface area contributed by atoms with Crippen LogP contribution in [0.25, 0.3) is 33.1 Å². The number of aryl methyl sites for hydroxylation is 1. The monoisotopic (exact) mass is 502 g/mol. The summed E-state index contributed by atoms with van der Waals surface area (Å²) in [5, 5.41) is 10.1. The van der Waals surface area contributed by atoms with Crippen molar-refractivity contribution in [3.63, 3.8) is 0 Å². The number of fused-ring (bicyclic) bond motifs is 1. The van der Waals surface area contributed by atoms with Gasteiger partial charge in [0.15, 0.2) is 5.76 Å². The Bertz CT molecular complexity index is 1520. The molecule has 9 heteroatoms. The van der Waals surface area contributed by atoms with Crippen LogP contribution in [0.3, 0.4) is 0 Å². The van der Waals surface area contributed by atoms with Gasteiger partial charge in [-0.15, -0.1) is 21.5 Å². The molecule has 1 aliphatic heterocycles. The Morgan fingerprint density at radius 3 is 2.86 bits per heavy atom. The van der Waals surface area contributed by atoms with E-state index in [-0.39, 0.29) is 17.8 Å². The van der Waals surface area contributed by atoms with E-state index in [1.807, 2.05) is 42.2 Å². The van der Waals surface area contributed by atoms with Crippen LogP contribution in [-0.2, 0) is 6.42 Å². The fourth-order valence-electron chi connectivity index (χ4n) is 4.74. The van der Waals surface area contributed by atoms with Gasteiger partial charge >= 0.3 is 0 Å². The number of nitrogens with zero attached hydrogens (tertiary/aromatic N) is 4. The van der Waals surface area contributed by atoms with Gasteiger partial charge in [0.2, 0.25) is 5.89 Å². The first-order valence-corrected chi connectivity index (χ1v) is 12.7. The maximum Gasteiger partial charge on any atom is 0.283 e. The molecule has 1 aliphatic rings. The summed E-state index contributed by atoms with van der Waals surface area (Å²) >= 11 is 1.40. The van der Waals surface area contributed by atoms with Crippen molar-refractivity contribution in [1.29, 1.82) is 0 Å². The first-order valence-electron chi connectivity index (χ1n) is 11.9. The van der Waals surface area contributed by atoms with E-state index in [9.17, 15) is 9.18 Å². The second-order valence-corrected chi connectivity index (χ2v) is 10.1. The Kier molecular flexibility index (Phi) is 5.85. The topological polar surface area (TPSA) is 85.3 Å². The van der Waals surface area contributed by atoms with E-state index in [0.29, 0.717) is 46.6 Å². The first kappa shape index (κ1) is 22.6. The number of carbonyl (C=O) groups excluding carboxylic acids is 1. The minimum absolute atomic E-state index is 0.0995. The molecule has 2 aromatic carbocycles. The van der Waals surface area contributed by atoms with Crippen LogP contribution in [0.4, 0.5) is 4.39 Å². The second-order valence-electron chi connectivity index (χ2n) is 8.92. The summed E-state index contributed by atoms with van der Waals surface area (Å²) in [6.45, 7) is 2.48. The minimum atomic E-state index is -0.343. The zero-order chi connectivity index (χ0) is 24.6. The number of hydrogen-bond donors (Lipinski definition) is 0. The van der Waals surface area contributed by atoms with Gasteiger partial charge in [-0.05, 0) is 56.0 Å². The average Bonchev–Trinajstić information content (AvgIpc) is 3.62. The smallest absolute Gasteiger partial charge is 0.283 e. The van der Waals surface area contributed by atoms with Crippen LogP contribution in [0.1, 0.15) is 40.6 Å². The number of para-hydroxylation sites is 1. The lowest BCUT2D eigenvalue weighted by atomic mass is 9.98. The highest BCUT2D eigenvalue weighted by Gasteiger charge is 2.32. The highest BCUT2D eigenvalue weighted by Crippen LogP contribution is 2.33. The number of hydrogen-bond acceptors (Lipinski definition) is 7. The lowest BCUT2D eigenvalue weighted by Gasteiger charge is -2.35. The van der Waals surface area contributed by atoms with Gasteiger partial charge in [-0.2, -0.15) is 0 Å². The molecule has 1 unspecified atom stereocenters. The predicted molar refractivity (Wildman–Crippen MR) is 134 cm³/mol. The van der Waals surface area contributed by atoms with E-state index in [1.165, 1.54) is 23.5 Å². The molecule has 1 atom stereocenters. The molecule has 0 bridgehead atoms. The third-order valence-electron chi connectivity index (χ3n) is 6.42. The van der Waals surface area contributed by atoms with E-state index in [1.54, 1.807) is 12.1 Å². The SMILES string of the molecule is Cc1nc(C(=O)N2CCCCC2Cc2nnc(-c3cc4ccccc4o3)o2)c(-c2cccc(F)c2)s1. The maximum absolute atomic E-state index is 13.9. The molecular formula is C27H23FN4O3S. The Morgan fingerprint density at radius 2 is 2.00 bits per heavy atom. The molecule has 182 valence electrons. The van der Waals surface area contributed by atoms with Crippen LogP contribution in [-0.4, -0.2) is 38.6 Å². The fraction of sp³-hybridized carbons (Fsp3) is 0.259. The molecule has 4 heterocycles. The number of piperidine rings is 1. The summed E-state index contributed by atoms with van der Waals surface area (Å²) < 4.78 is 25.7. The van der Waals surface area contributed by atoms with Crippen molar-refractivity contribution in [1.82, 2.24) is 20.1 Å².